The van der Waals surface area contributed by atoms with Crippen LogP contribution in [0.25, 0.3) is 10.9 Å². The lowest BCUT2D eigenvalue weighted by Gasteiger charge is -2.33. The van der Waals surface area contributed by atoms with Crippen LogP contribution < -0.4 is 15.0 Å². The van der Waals surface area contributed by atoms with Crippen molar-refractivity contribution in [2.45, 2.75) is 25.9 Å². The highest BCUT2D eigenvalue weighted by molar-refractivity contribution is 7.10. The number of nitrogens with one attached hydrogen (secondary N) is 1. The molecule has 0 fully saturated rings. The van der Waals surface area contributed by atoms with E-state index in [0.29, 0.717) is 40.8 Å². The Morgan fingerprint density at radius 1 is 1.31 bits per heavy atom. The highest BCUT2D eigenvalue weighted by Crippen LogP contribution is 2.34. The third kappa shape index (κ3) is 2.87. The largest absolute Gasteiger partial charge is 0.493 e. The number of rotatable bonds is 4. The zero-order chi connectivity index (χ0) is 18.3. The van der Waals surface area contributed by atoms with Gasteiger partial charge in [-0.3, -0.25) is 9.69 Å². The van der Waals surface area contributed by atoms with Gasteiger partial charge < -0.3 is 14.5 Å². The summed E-state index contributed by atoms with van der Waals surface area (Å²) >= 11 is 1.82. The summed E-state index contributed by atoms with van der Waals surface area (Å²) < 4.78 is 10.6. The molecule has 7 heteroatoms. The van der Waals surface area contributed by atoms with Crippen LogP contribution in [0.3, 0.4) is 0 Å². The number of thiophene rings is 1. The summed E-state index contributed by atoms with van der Waals surface area (Å²) in [4.78, 5) is 23.9. The molecule has 0 saturated carbocycles. The normalized spacial score (nSPS) is 17.3. The van der Waals surface area contributed by atoms with Crippen LogP contribution in [-0.4, -0.2) is 35.6 Å². The second-order valence-corrected chi connectivity index (χ2v) is 7.43. The molecule has 26 heavy (non-hydrogen) atoms. The van der Waals surface area contributed by atoms with E-state index in [1.54, 1.807) is 26.4 Å². The van der Waals surface area contributed by atoms with Crippen LogP contribution in [0.15, 0.2) is 28.4 Å². The summed E-state index contributed by atoms with van der Waals surface area (Å²) in [5, 5.41) is 2.65. The van der Waals surface area contributed by atoms with Crippen molar-refractivity contribution >= 4 is 22.2 Å². The molecule has 3 heterocycles. The molecule has 6 nitrogen and oxygen atoms in total. The molecule has 0 amide bonds. The van der Waals surface area contributed by atoms with Gasteiger partial charge in [-0.05, 0) is 36.4 Å². The van der Waals surface area contributed by atoms with Crippen LogP contribution in [0.5, 0.6) is 11.5 Å². The predicted molar refractivity (Wildman–Crippen MR) is 102 cm³/mol. The van der Waals surface area contributed by atoms with Gasteiger partial charge in [0, 0.05) is 23.5 Å². The van der Waals surface area contributed by atoms with Crippen LogP contribution >= 0.6 is 11.3 Å². The van der Waals surface area contributed by atoms with Crippen molar-refractivity contribution in [3.05, 3.63) is 50.2 Å². The van der Waals surface area contributed by atoms with Gasteiger partial charge in [-0.1, -0.05) is 0 Å². The van der Waals surface area contributed by atoms with E-state index < -0.39 is 0 Å². The predicted octanol–water partition coefficient (Wildman–Crippen LogP) is 3.12. The minimum Gasteiger partial charge on any atom is -0.493 e. The molecule has 0 aliphatic carbocycles. The van der Waals surface area contributed by atoms with E-state index >= 15 is 0 Å². The fourth-order valence-electron chi connectivity index (χ4n) is 3.56. The van der Waals surface area contributed by atoms with Crippen molar-refractivity contribution in [1.29, 1.82) is 0 Å². The Balaban J connectivity index is 1.68. The lowest BCUT2D eigenvalue weighted by molar-refractivity contribution is 0.186. The Labute approximate surface area is 155 Å². The molecule has 1 atom stereocenters. The first-order valence-corrected chi connectivity index (χ1v) is 9.44. The van der Waals surface area contributed by atoms with Crippen LogP contribution in [0.2, 0.25) is 0 Å². The number of ether oxygens (including phenoxy) is 2. The number of hydrogen-bond donors (Lipinski definition) is 1. The molecule has 136 valence electrons. The summed E-state index contributed by atoms with van der Waals surface area (Å²) in [6, 6.07) is 5.94. The van der Waals surface area contributed by atoms with Gasteiger partial charge in [-0.25, -0.2) is 4.98 Å². The fourth-order valence-corrected chi connectivity index (χ4v) is 4.52. The minimum absolute atomic E-state index is 0.160. The molecule has 1 aliphatic heterocycles. The molecule has 2 aromatic heterocycles. The van der Waals surface area contributed by atoms with Crippen molar-refractivity contribution in [2.24, 2.45) is 0 Å². The number of hydrogen-bond acceptors (Lipinski definition) is 6. The van der Waals surface area contributed by atoms with E-state index in [2.05, 4.69) is 33.2 Å². The summed E-state index contributed by atoms with van der Waals surface area (Å²) in [7, 11) is 3.13. The monoisotopic (exact) mass is 371 g/mol. The lowest BCUT2D eigenvalue weighted by atomic mass is 10.0. The zero-order valence-corrected chi connectivity index (χ0v) is 15.9. The summed E-state index contributed by atoms with van der Waals surface area (Å²) in [5.74, 6) is 1.76. The third-order valence-electron chi connectivity index (χ3n) is 5.02. The van der Waals surface area contributed by atoms with Crippen LogP contribution in [-0.2, 0) is 13.0 Å². The number of fused-ring (bicyclic) bond motifs is 2. The Bertz CT molecular complexity index is 1010. The Kier molecular flexibility index (Phi) is 4.42. The Morgan fingerprint density at radius 3 is 2.85 bits per heavy atom. The van der Waals surface area contributed by atoms with E-state index in [9.17, 15) is 4.79 Å². The molecule has 1 aliphatic rings. The van der Waals surface area contributed by atoms with Gasteiger partial charge in [0.15, 0.2) is 11.5 Å². The topological polar surface area (TPSA) is 67.5 Å². The fraction of sp³-hybridized carbons (Fsp3) is 0.368. The average molecular weight is 371 g/mol. The molecule has 0 unspecified atom stereocenters. The number of H-pyrrole nitrogens is 1. The molecule has 1 N–H and O–H groups in total. The number of aromatic nitrogens is 2. The quantitative estimate of drug-likeness (QED) is 0.763. The van der Waals surface area contributed by atoms with E-state index in [1.807, 2.05) is 11.3 Å². The van der Waals surface area contributed by atoms with Gasteiger partial charge in [-0.15, -0.1) is 11.3 Å². The molecular weight excluding hydrogens is 350 g/mol. The molecular formula is C19H21N3O3S. The van der Waals surface area contributed by atoms with Gasteiger partial charge in [0.1, 0.15) is 5.82 Å². The second-order valence-electron chi connectivity index (χ2n) is 6.43. The van der Waals surface area contributed by atoms with Gasteiger partial charge in [0.05, 0.1) is 31.7 Å². The van der Waals surface area contributed by atoms with Gasteiger partial charge in [0.2, 0.25) is 0 Å². The summed E-state index contributed by atoms with van der Waals surface area (Å²) in [5.41, 5.74) is 1.84. The summed E-state index contributed by atoms with van der Waals surface area (Å²) in [6.07, 6.45) is 1.04. The van der Waals surface area contributed by atoms with Crippen molar-refractivity contribution in [1.82, 2.24) is 14.9 Å². The first kappa shape index (κ1) is 17.1. The van der Waals surface area contributed by atoms with E-state index in [0.717, 1.165) is 13.0 Å². The molecule has 0 bridgehead atoms. The van der Waals surface area contributed by atoms with Gasteiger partial charge in [-0.2, -0.15) is 0 Å². The zero-order valence-electron chi connectivity index (χ0n) is 15.0. The maximum atomic E-state index is 12.5. The highest BCUT2D eigenvalue weighted by Gasteiger charge is 2.25. The van der Waals surface area contributed by atoms with Crippen LogP contribution in [0.4, 0.5) is 0 Å². The minimum atomic E-state index is -0.160. The van der Waals surface area contributed by atoms with E-state index in [1.165, 1.54) is 10.4 Å². The first-order chi connectivity index (χ1) is 12.6. The first-order valence-electron chi connectivity index (χ1n) is 8.56. The SMILES string of the molecule is COc1cc2nc(CN3CCc4sccc4[C@H]3C)[nH]c(=O)c2cc1OC. The van der Waals surface area contributed by atoms with Crippen LogP contribution in [0.1, 0.15) is 29.2 Å². The average Bonchev–Trinajstić information content (AvgIpc) is 3.12. The van der Waals surface area contributed by atoms with Crippen molar-refractivity contribution in [2.75, 3.05) is 20.8 Å². The van der Waals surface area contributed by atoms with Gasteiger partial charge in [0.25, 0.3) is 5.56 Å². The third-order valence-corrected chi connectivity index (χ3v) is 6.01. The standard InChI is InChI=1S/C19H21N3O3S/c1-11-12-5-7-26-17(12)4-6-22(11)10-18-20-14-9-16(25-3)15(24-2)8-13(14)19(23)21-18/h5,7-9,11H,4,6,10H2,1-3H3,(H,20,21,23)/t11-/m1/s1. The van der Waals surface area contributed by atoms with E-state index in [4.69, 9.17) is 9.47 Å². The molecule has 4 rings (SSSR count). The smallest absolute Gasteiger partial charge is 0.258 e. The van der Waals surface area contributed by atoms with Crippen molar-refractivity contribution in [3.63, 3.8) is 0 Å². The Hall–Kier alpha value is -2.38. The lowest BCUT2D eigenvalue weighted by Crippen LogP contribution is -2.33. The highest BCUT2D eigenvalue weighted by atomic mass is 32.1. The maximum Gasteiger partial charge on any atom is 0.258 e. The number of methoxy groups -OCH3 is 2. The number of aromatic amines is 1. The Morgan fingerprint density at radius 2 is 2.08 bits per heavy atom. The van der Waals surface area contributed by atoms with E-state index in [-0.39, 0.29) is 5.56 Å². The van der Waals surface area contributed by atoms with Crippen LogP contribution in [0, 0.1) is 0 Å². The van der Waals surface area contributed by atoms with Gasteiger partial charge >= 0.3 is 0 Å². The molecule has 3 aromatic rings. The maximum absolute atomic E-state index is 12.5. The summed E-state index contributed by atoms with van der Waals surface area (Å²) in [6.45, 7) is 3.77. The number of benzene rings is 1. The molecule has 0 spiro atoms. The molecule has 0 radical (unpaired) electrons. The second kappa shape index (κ2) is 6.74. The molecule has 0 saturated heterocycles. The van der Waals surface area contributed by atoms with Crippen molar-refractivity contribution in [3.8, 4) is 11.5 Å². The number of nitrogens with zero attached hydrogens (tertiary/aromatic N) is 2. The molecule has 1 aromatic carbocycles. The van der Waals surface area contributed by atoms with Crippen molar-refractivity contribution < 1.29 is 9.47 Å².